The van der Waals surface area contributed by atoms with Crippen molar-refractivity contribution < 1.29 is 0 Å². The summed E-state index contributed by atoms with van der Waals surface area (Å²) in [5.41, 5.74) is 8.41. The summed E-state index contributed by atoms with van der Waals surface area (Å²) in [4.78, 5) is 2.49. The zero-order valence-electron chi connectivity index (χ0n) is 12.0. The van der Waals surface area contributed by atoms with E-state index in [1.165, 1.54) is 34.9 Å². The molecule has 4 heteroatoms. The first kappa shape index (κ1) is 13.4. The van der Waals surface area contributed by atoms with Crippen LogP contribution in [0.15, 0.2) is 30.3 Å². The van der Waals surface area contributed by atoms with Crippen molar-refractivity contribution in [3.05, 3.63) is 30.3 Å². The Morgan fingerprint density at radius 2 is 2.00 bits per heavy atom. The highest BCUT2D eigenvalue weighted by molar-refractivity contribution is 7.11. The Hall–Kier alpha value is -1.55. The fraction of sp³-hybridized carbons (Fsp3) is 0.438. The van der Waals surface area contributed by atoms with Gasteiger partial charge in [0.05, 0.1) is 5.56 Å². The van der Waals surface area contributed by atoms with Crippen LogP contribution >= 0.6 is 11.5 Å². The predicted octanol–water partition coefficient (Wildman–Crippen LogP) is 4.02. The molecule has 1 aliphatic rings. The maximum atomic E-state index is 6.13. The molecular formula is C16H21N3S. The van der Waals surface area contributed by atoms with Gasteiger partial charge in [-0.25, -0.2) is 0 Å². The first-order valence-electron chi connectivity index (χ1n) is 7.25. The van der Waals surface area contributed by atoms with Gasteiger partial charge in [-0.3, -0.25) is 0 Å². The summed E-state index contributed by atoms with van der Waals surface area (Å²) >= 11 is 1.53. The molecule has 0 radical (unpaired) electrons. The van der Waals surface area contributed by atoms with Crippen molar-refractivity contribution in [2.75, 3.05) is 17.2 Å². The van der Waals surface area contributed by atoms with E-state index >= 15 is 0 Å². The van der Waals surface area contributed by atoms with Crippen molar-refractivity contribution in [2.24, 2.45) is 5.92 Å². The fourth-order valence-electron chi connectivity index (χ4n) is 2.99. The summed E-state index contributed by atoms with van der Waals surface area (Å²) in [6, 6.07) is 10.9. The molecule has 2 atom stereocenters. The Morgan fingerprint density at radius 1 is 1.25 bits per heavy atom. The summed E-state index contributed by atoms with van der Waals surface area (Å²) in [6.45, 7) is 5.75. The van der Waals surface area contributed by atoms with Gasteiger partial charge in [0.1, 0.15) is 10.8 Å². The largest absolute Gasteiger partial charge is 0.382 e. The minimum Gasteiger partial charge on any atom is -0.382 e. The van der Waals surface area contributed by atoms with E-state index in [4.69, 9.17) is 5.73 Å². The molecule has 1 aliphatic heterocycles. The number of nitrogen functional groups attached to an aromatic ring is 1. The SMILES string of the molecule is CC1CCCN(c2snc(N)c2-c2ccccc2)C1C. The normalized spacial score (nSPS) is 23.0. The van der Waals surface area contributed by atoms with Crippen molar-refractivity contribution >= 4 is 22.4 Å². The molecule has 2 unspecified atom stereocenters. The molecule has 0 saturated carbocycles. The molecule has 106 valence electrons. The van der Waals surface area contributed by atoms with Crippen LogP contribution in [0.1, 0.15) is 26.7 Å². The lowest BCUT2D eigenvalue weighted by Gasteiger charge is -2.39. The van der Waals surface area contributed by atoms with Gasteiger partial charge >= 0.3 is 0 Å². The molecule has 2 aromatic rings. The van der Waals surface area contributed by atoms with Crippen LogP contribution in [0.3, 0.4) is 0 Å². The van der Waals surface area contributed by atoms with Gasteiger partial charge in [-0.1, -0.05) is 37.3 Å². The first-order valence-corrected chi connectivity index (χ1v) is 8.03. The van der Waals surface area contributed by atoms with Crippen molar-refractivity contribution in [2.45, 2.75) is 32.7 Å². The van der Waals surface area contributed by atoms with Crippen LogP contribution in [-0.4, -0.2) is 17.0 Å². The zero-order chi connectivity index (χ0) is 14.1. The second-order valence-electron chi connectivity index (χ2n) is 5.67. The second kappa shape index (κ2) is 5.44. The van der Waals surface area contributed by atoms with Gasteiger partial charge in [0, 0.05) is 12.6 Å². The Labute approximate surface area is 124 Å². The Balaban J connectivity index is 2.03. The molecule has 0 spiro atoms. The van der Waals surface area contributed by atoms with Gasteiger partial charge in [-0.2, -0.15) is 4.37 Å². The van der Waals surface area contributed by atoms with Gasteiger partial charge in [0.2, 0.25) is 0 Å². The smallest absolute Gasteiger partial charge is 0.147 e. The van der Waals surface area contributed by atoms with Gasteiger partial charge in [-0.05, 0) is 42.8 Å². The average Bonchev–Trinajstić information content (AvgIpc) is 2.84. The average molecular weight is 287 g/mol. The summed E-state index contributed by atoms with van der Waals surface area (Å²) in [7, 11) is 0. The highest BCUT2D eigenvalue weighted by Crippen LogP contribution is 2.42. The molecule has 3 rings (SSSR count). The highest BCUT2D eigenvalue weighted by Gasteiger charge is 2.29. The highest BCUT2D eigenvalue weighted by atomic mass is 32.1. The van der Waals surface area contributed by atoms with Crippen LogP contribution in [0.4, 0.5) is 10.8 Å². The maximum absolute atomic E-state index is 6.13. The molecule has 3 nitrogen and oxygen atoms in total. The van der Waals surface area contributed by atoms with Crippen LogP contribution in [-0.2, 0) is 0 Å². The van der Waals surface area contributed by atoms with Crippen LogP contribution in [0.5, 0.6) is 0 Å². The number of aromatic nitrogens is 1. The lowest BCUT2D eigenvalue weighted by atomic mass is 9.92. The molecule has 0 bridgehead atoms. The molecule has 1 fully saturated rings. The third kappa shape index (κ3) is 2.29. The standard InChI is InChI=1S/C16H21N3S/c1-11-7-6-10-19(12(11)2)16-14(15(17)18-20-16)13-8-4-3-5-9-13/h3-5,8-9,11-12H,6-7,10H2,1-2H3,(H2,17,18). The maximum Gasteiger partial charge on any atom is 0.147 e. The van der Waals surface area contributed by atoms with Crippen LogP contribution in [0.25, 0.3) is 11.1 Å². The van der Waals surface area contributed by atoms with Crippen LogP contribution in [0.2, 0.25) is 0 Å². The number of hydrogen-bond donors (Lipinski definition) is 1. The molecule has 0 amide bonds. The molecule has 20 heavy (non-hydrogen) atoms. The van der Waals surface area contributed by atoms with Gasteiger partial charge in [0.25, 0.3) is 0 Å². The van der Waals surface area contributed by atoms with Crippen molar-refractivity contribution in [3.63, 3.8) is 0 Å². The van der Waals surface area contributed by atoms with Crippen LogP contribution < -0.4 is 10.6 Å². The van der Waals surface area contributed by atoms with Gasteiger partial charge < -0.3 is 10.6 Å². The van der Waals surface area contributed by atoms with Gasteiger partial charge in [-0.15, -0.1) is 0 Å². The molecule has 2 heterocycles. The van der Waals surface area contributed by atoms with E-state index in [2.05, 4.69) is 47.4 Å². The number of hydrogen-bond acceptors (Lipinski definition) is 4. The van der Waals surface area contributed by atoms with E-state index in [1.54, 1.807) is 0 Å². The Morgan fingerprint density at radius 3 is 2.75 bits per heavy atom. The molecule has 0 aliphatic carbocycles. The fourth-order valence-corrected chi connectivity index (χ4v) is 3.94. The quantitative estimate of drug-likeness (QED) is 0.907. The number of piperidine rings is 1. The number of anilines is 2. The van der Waals surface area contributed by atoms with Crippen molar-refractivity contribution in [3.8, 4) is 11.1 Å². The first-order chi connectivity index (χ1) is 9.68. The molecular weight excluding hydrogens is 266 g/mol. The molecule has 1 aromatic carbocycles. The van der Waals surface area contributed by atoms with E-state index in [9.17, 15) is 0 Å². The number of benzene rings is 1. The Kier molecular flexibility index (Phi) is 3.66. The zero-order valence-corrected chi connectivity index (χ0v) is 12.9. The van der Waals surface area contributed by atoms with E-state index in [-0.39, 0.29) is 0 Å². The van der Waals surface area contributed by atoms with E-state index in [0.717, 1.165) is 18.0 Å². The summed E-state index contributed by atoms with van der Waals surface area (Å²) in [6.07, 6.45) is 2.56. The number of rotatable bonds is 2. The summed E-state index contributed by atoms with van der Waals surface area (Å²) in [5, 5.41) is 1.23. The van der Waals surface area contributed by atoms with E-state index in [1.807, 2.05) is 6.07 Å². The minimum atomic E-state index is 0.547. The van der Waals surface area contributed by atoms with E-state index < -0.39 is 0 Å². The summed E-state index contributed by atoms with van der Waals surface area (Å²) < 4.78 is 4.41. The Bertz CT molecular complexity index is 579. The number of nitrogens with zero attached hydrogens (tertiary/aromatic N) is 2. The van der Waals surface area contributed by atoms with Crippen LogP contribution in [0, 0.1) is 5.92 Å². The lowest BCUT2D eigenvalue weighted by Crippen LogP contribution is -2.42. The molecule has 2 N–H and O–H groups in total. The third-order valence-electron chi connectivity index (χ3n) is 4.40. The monoisotopic (exact) mass is 287 g/mol. The van der Waals surface area contributed by atoms with Crippen molar-refractivity contribution in [1.82, 2.24) is 4.37 Å². The number of nitrogens with two attached hydrogens (primary N) is 1. The third-order valence-corrected chi connectivity index (χ3v) is 5.30. The molecule has 1 aromatic heterocycles. The summed E-state index contributed by atoms with van der Waals surface area (Å²) in [5.74, 6) is 1.37. The van der Waals surface area contributed by atoms with E-state index in [0.29, 0.717) is 11.9 Å². The van der Waals surface area contributed by atoms with Gasteiger partial charge in [0.15, 0.2) is 0 Å². The molecule has 1 saturated heterocycles. The van der Waals surface area contributed by atoms with Crippen molar-refractivity contribution in [1.29, 1.82) is 0 Å². The topological polar surface area (TPSA) is 42.2 Å². The lowest BCUT2D eigenvalue weighted by molar-refractivity contribution is 0.365. The minimum absolute atomic E-state index is 0.547. The predicted molar refractivity (Wildman–Crippen MR) is 87.2 cm³/mol. The second-order valence-corrected chi connectivity index (χ2v) is 6.42.